The highest BCUT2D eigenvalue weighted by atomic mass is 16.4. The molecule has 21 atom stereocenters. The first-order valence-corrected chi connectivity index (χ1v) is 23.7. The molecule has 56 heavy (non-hydrogen) atoms. The summed E-state index contributed by atoms with van der Waals surface area (Å²) >= 11 is 0. The molecule has 8 fully saturated rings. The van der Waals surface area contributed by atoms with Gasteiger partial charge in [-0.2, -0.15) is 0 Å². The Morgan fingerprint density at radius 3 is 1.68 bits per heavy atom. The molecule has 8 nitrogen and oxygen atoms in total. The fourth-order valence-corrected chi connectivity index (χ4v) is 17.9. The van der Waals surface area contributed by atoms with Crippen LogP contribution in [-0.4, -0.2) is 67.9 Å². The van der Waals surface area contributed by atoms with Gasteiger partial charge in [-0.25, -0.2) is 0 Å². The Bertz CT molecular complexity index is 1470. The maximum Gasteiger partial charge on any atom is 0.303 e. The highest BCUT2D eigenvalue weighted by molar-refractivity contribution is 5.76. The van der Waals surface area contributed by atoms with Crippen LogP contribution < -0.4 is 5.32 Å². The zero-order chi connectivity index (χ0) is 40.1. The Balaban J connectivity index is 0.868. The van der Waals surface area contributed by atoms with E-state index in [4.69, 9.17) is 0 Å². The summed E-state index contributed by atoms with van der Waals surface area (Å²) in [4.78, 5) is 25.0. The molecule has 0 spiro atoms. The average molecular weight is 782 g/mol. The molecule has 0 aliphatic heterocycles. The molecular weight excluding hydrogens is 703 g/mol. The fraction of sp³-hybridized carbons (Fsp3) is 0.958. The largest absolute Gasteiger partial charge is 0.481 e. The lowest BCUT2D eigenvalue weighted by atomic mass is 9.43. The minimum Gasteiger partial charge on any atom is -0.481 e. The number of carbonyl (C=O) groups is 2. The molecule has 8 aliphatic carbocycles. The van der Waals surface area contributed by atoms with Crippen molar-refractivity contribution in [3.8, 4) is 0 Å². The molecule has 0 aromatic heterocycles. The molecule has 0 saturated heterocycles. The summed E-state index contributed by atoms with van der Waals surface area (Å²) < 4.78 is 0. The molecule has 0 unspecified atom stereocenters. The summed E-state index contributed by atoms with van der Waals surface area (Å²) in [6.45, 7) is 13.9. The van der Waals surface area contributed by atoms with Crippen molar-refractivity contribution in [2.24, 2.45) is 92.7 Å². The number of aliphatic hydroxyl groups excluding tert-OH is 4. The highest BCUT2D eigenvalue weighted by Gasteiger charge is 2.67. The van der Waals surface area contributed by atoms with Gasteiger partial charge in [0.05, 0.1) is 24.4 Å². The van der Waals surface area contributed by atoms with Crippen molar-refractivity contribution >= 4 is 11.9 Å². The first-order valence-electron chi connectivity index (χ1n) is 23.7. The number of carbonyl (C=O) groups excluding carboxylic acids is 1. The Hall–Kier alpha value is -1.22. The molecule has 0 heterocycles. The van der Waals surface area contributed by atoms with Crippen LogP contribution in [0.5, 0.6) is 0 Å². The summed E-state index contributed by atoms with van der Waals surface area (Å²) in [6.07, 6.45) is 15.8. The van der Waals surface area contributed by atoms with E-state index in [2.05, 4.69) is 46.9 Å². The van der Waals surface area contributed by atoms with Crippen molar-refractivity contribution < 1.29 is 35.1 Å². The maximum absolute atomic E-state index is 13.7. The highest BCUT2D eigenvalue weighted by Crippen LogP contribution is 2.70. The van der Waals surface area contributed by atoms with Crippen LogP contribution in [0.15, 0.2) is 0 Å². The van der Waals surface area contributed by atoms with E-state index in [-0.39, 0.29) is 87.7 Å². The topological polar surface area (TPSA) is 147 Å². The van der Waals surface area contributed by atoms with E-state index < -0.39 is 18.2 Å². The van der Waals surface area contributed by atoms with Crippen molar-refractivity contribution in [3.63, 3.8) is 0 Å². The van der Waals surface area contributed by atoms with Gasteiger partial charge in [0, 0.05) is 18.9 Å². The molecule has 8 aliphatic rings. The Morgan fingerprint density at radius 1 is 0.607 bits per heavy atom. The predicted molar refractivity (Wildman–Crippen MR) is 217 cm³/mol. The molecule has 0 aromatic rings. The lowest BCUT2D eigenvalue weighted by Crippen LogP contribution is -2.63. The first kappa shape index (κ1) is 41.5. The van der Waals surface area contributed by atoms with E-state index in [1.54, 1.807) is 0 Å². The summed E-state index contributed by atoms with van der Waals surface area (Å²) in [7, 11) is 0. The molecule has 0 bridgehead atoms. The van der Waals surface area contributed by atoms with E-state index in [9.17, 15) is 35.1 Å². The minimum atomic E-state index is -0.758. The number of nitrogens with one attached hydrogen (secondary N) is 1. The zero-order valence-corrected chi connectivity index (χ0v) is 35.8. The molecule has 318 valence electrons. The molecule has 0 aromatic carbocycles. The Kier molecular flexibility index (Phi) is 11.2. The van der Waals surface area contributed by atoms with Crippen LogP contribution in [0.4, 0.5) is 0 Å². The van der Waals surface area contributed by atoms with Gasteiger partial charge in [0.1, 0.15) is 0 Å². The predicted octanol–water partition coefficient (Wildman–Crippen LogP) is 7.98. The van der Waals surface area contributed by atoms with E-state index >= 15 is 0 Å². The van der Waals surface area contributed by atoms with Crippen LogP contribution >= 0.6 is 0 Å². The minimum absolute atomic E-state index is 0.0183. The number of carboxylic acid groups (broad SMARTS) is 1. The summed E-state index contributed by atoms with van der Waals surface area (Å²) in [6, 6.07) is 0.104. The third-order valence-corrected chi connectivity index (χ3v) is 21.0. The summed E-state index contributed by atoms with van der Waals surface area (Å²) in [5.41, 5.74) is -0.257. The van der Waals surface area contributed by atoms with Crippen molar-refractivity contribution in [3.05, 3.63) is 0 Å². The quantitative estimate of drug-likeness (QED) is 0.139. The lowest BCUT2D eigenvalue weighted by molar-refractivity contribution is -0.202. The molecular formula is C48H79NO7. The third kappa shape index (κ3) is 6.39. The van der Waals surface area contributed by atoms with E-state index in [1.165, 1.54) is 25.7 Å². The van der Waals surface area contributed by atoms with Crippen LogP contribution in [0.2, 0.25) is 0 Å². The molecule has 6 N–H and O–H groups in total. The van der Waals surface area contributed by atoms with Crippen LogP contribution in [0.3, 0.4) is 0 Å². The Labute approximate surface area is 338 Å². The molecule has 0 radical (unpaired) electrons. The second-order valence-corrected chi connectivity index (χ2v) is 22.9. The number of amides is 1. The van der Waals surface area contributed by atoms with Crippen LogP contribution in [-0.2, 0) is 9.59 Å². The number of aliphatic hydroxyl groups is 4. The Morgan fingerprint density at radius 2 is 1.12 bits per heavy atom. The van der Waals surface area contributed by atoms with Gasteiger partial charge in [-0.3, -0.25) is 9.59 Å². The lowest BCUT2D eigenvalue weighted by Gasteiger charge is -2.63. The number of carboxylic acids is 1. The average Bonchev–Trinajstić information content (AvgIpc) is 3.70. The van der Waals surface area contributed by atoms with Crippen LogP contribution in [0, 0.1) is 92.7 Å². The van der Waals surface area contributed by atoms with Gasteiger partial charge in [-0.05, 0) is 189 Å². The van der Waals surface area contributed by atoms with Crippen LogP contribution in [0.1, 0.15) is 164 Å². The number of hydrogen-bond acceptors (Lipinski definition) is 6. The van der Waals surface area contributed by atoms with Gasteiger partial charge < -0.3 is 30.8 Å². The van der Waals surface area contributed by atoms with Crippen molar-refractivity contribution in [1.29, 1.82) is 0 Å². The summed E-state index contributed by atoms with van der Waals surface area (Å²) in [5.74, 6) is 3.10. The summed E-state index contributed by atoms with van der Waals surface area (Å²) in [5, 5.41) is 60.3. The number of rotatable bonds is 9. The smallest absolute Gasteiger partial charge is 0.303 e. The van der Waals surface area contributed by atoms with Gasteiger partial charge in [0.15, 0.2) is 0 Å². The van der Waals surface area contributed by atoms with Gasteiger partial charge >= 0.3 is 5.97 Å². The number of aliphatic carboxylic acids is 1. The van der Waals surface area contributed by atoms with Gasteiger partial charge in [0.25, 0.3) is 0 Å². The molecule has 8 rings (SSSR count). The molecule has 1 amide bonds. The SMILES string of the molecule is C[C@H](CCC(=O)N[C@H]1CC[C@@]2(C)[C@@H](C1)C[C@@H](O)[C@@H]1[C@@H]2C[C@H](O)[C@]2(C)[C@@H]([C@H](C)CCC(=O)O)CC[C@@H]12)[C@H]1CC[C@H]2[C@@H]3[C@H](O)C[C@@H]4CCCC[C@]4(C)[C@H]3C[C@H](O)[C@]12C. The third-order valence-electron chi connectivity index (χ3n) is 21.0. The normalized spacial score (nSPS) is 53.3. The van der Waals surface area contributed by atoms with Gasteiger partial charge in [0.2, 0.25) is 5.91 Å². The zero-order valence-electron chi connectivity index (χ0n) is 35.8. The monoisotopic (exact) mass is 782 g/mol. The molecule has 8 saturated carbocycles. The van der Waals surface area contributed by atoms with Gasteiger partial charge in [-0.15, -0.1) is 0 Å². The van der Waals surface area contributed by atoms with E-state index in [0.717, 1.165) is 70.6 Å². The van der Waals surface area contributed by atoms with Crippen LogP contribution in [0.25, 0.3) is 0 Å². The van der Waals surface area contributed by atoms with E-state index in [1.807, 2.05) is 0 Å². The number of fused-ring (bicyclic) bond motifs is 10. The fourth-order valence-electron chi connectivity index (χ4n) is 17.9. The van der Waals surface area contributed by atoms with Gasteiger partial charge in [-0.1, -0.05) is 54.4 Å². The standard InChI is InChI=1S/C48H79NO7/c1-26(31-12-14-33-43-35(24-39(52)47(31,33)5)45(3)19-8-7-9-28(45)22-37(43)50)10-16-41(54)49-30-18-20-46(4)29(21-30)23-38(51)44-34-15-13-32(27(2)11-17-42(55)56)48(34,6)40(53)25-36(44)46/h26-40,43-44,50-53H,7-25H2,1-6H3,(H,49,54)(H,55,56)/t26-,27-,28+,29+,30+,31-,32-,33+,34+,35+,36+,37-,38-,39+,40+,43+,44+,45+,46+,47-,48-/m1/s1. The second kappa shape index (κ2) is 15.0. The van der Waals surface area contributed by atoms with Crippen molar-refractivity contribution in [1.82, 2.24) is 5.32 Å². The maximum atomic E-state index is 13.7. The molecule has 8 heteroatoms. The number of hydrogen-bond donors (Lipinski definition) is 6. The first-order chi connectivity index (χ1) is 26.4. The van der Waals surface area contributed by atoms with Crippen molar-refractivity contribution in [2.45, 2.75) is 194 Å². The van der Waals surface area contributed by atoms with E-state index in [0.29, 0.717) is 54.8 Å². The second-order valence-electron chi connectivity index (χ2n) is 22.9. The van der Waals surface area contributed by atoms with Crippen molar-refractivity contribution in [2.75, 3.05) is 0 Å².